The topological polar surface area (TPSA) is 148 Å². The standard InChI is InChI=1S/C22H38N2O10/c1-21(2,3)33-19(27)23-15(17(25)29-7)13-31-11-9-10-12-32-14-16(18(26)30-8)24-20(28)34-22(4,5)6/h9-10,15-16H,11-14H2,1-8H3,(H,23,27)(H,24,28)/b10-9-/t15-,16-/m0/s1. The first-order valence-corrected chi connectivity index (χ1v) is 10.6. The minimum atomic E-state index is -1.04. The summed E-state index contributed by atoms with van der Waals surface area (Å²) in [5.41, 5.74) is -1.44. The molecule has 0 saturated carbocycles. The summed E-state index contributed by atoms with van der Waals surface area (Å²) < 4.78 is 30.3. The van der Waals surface area contributed by atoms with E-state index in [0.717, 1.165) is 0 Å². The van der Waals surface area contributed by atoms with E-state index in [4.69, 9.17) is 18.9 Å². The SMILES string of the molecule is COC(=O)[C@H](COC/C=C\COC[C@H](NC(=O)OC(C)(C)C)C(=O)OC)NC(=O)OC(C)(C)C. The number of rotatable bonds is 12. The van der Waals surface area contributed by atoms with Crippen molar-refractivity contribution in [3.63, 3.8) is 0 Å². The Morgan fingerprint density at radius 3 is 1.26 bits per heavy atom. The molecule has 0 aliphatic rings. The van der Waals surface area contributed by atoms with Crippen molar-refractivity contribution in [2.45, 2.75) is 64.8 Å². The average molecular weight is 491 g/mol. The average Bonchev–Trinajstić information content (AvgIpc) is 2.69. The second-order valence-electron chi connectivity index (χ2n) is 8.99. The number of nitrogens with one attached hydrogen (secondary N) is 2. The predicted molar refractivity (Wildman–Crippen MR) is 121 cm³/mol. The first kappa shape index (κ1) is 31.1. The summed E-state index contributed by atoms with van der Waals surface area (Å²) in [6.07, 6.45) is 1.71. The summed E-state index contributed by atoms with van der Waals surface area (Å²) in [7, 11) is 2.39. The van der Waals surface area contributed by atoms with Gasteiger partial charge in [0.05, 0.1) is 40.6 Å². The Bertz CT molecular complexity index is 637. The van der Waals surface area contributed by atoms with E-state index in [0.29, 0.717) is 0 Å². The molecule has 2 atom stereocenters. The van der Waals surface area contributed by atoms with Gasteiger partial charge in [0.25, 0.3) is 0 Å². The lowest BCUT2D eigenvalue weighted by atomic mass is 10.2. The van der Waals surface area contributed by atoms with Crippen LogP contribution in [0.1, 0.15) is 41.5 Å². The van der Waals surface area contributed by atoms with Crippen LogP contribution >= 0.6 is 0 Å². The van der Waals surface area contributed by atoms with Crippen LogP contribution in [-0.4, -0.2) is 88.1 Å². The van der Waals surface area contributed by atoms with Crippen molar-refractivity contribution in [3.05, 3.63) is 12.2 Å². The molecule has 0 aromatic rings. The fourth-order valence-corrected chi connectivity index (χ4v) is 2.17. The van der Waals surface area contributed by atoms with Gasteiger partial charge < -0.3 is 39.1 Å². The van der Waals surface area contributed by atoms with Crippen molar-refractivity contribution >= 4 is 24.1 Å². The summed E-state index contributed by atoms with van der Waals surface area (Å²) in [5.74, 6) is -1.35. The quantitative estimate of drug-likeness (QED) is 0.179. The van der Waals surface area contributed by atoms with E-state index in [1.54, 1.807) is 53.7 Å². The second-order valence-corrected chi connectivity index (χ2v) is 8.99. The molecule has 0 aliphatic carbocycles. The van der Waals surface area contributed by atoms with Gasteiger partial charge in [0.15, 0.2) is 12.1 Å². The van der Waals surface area contributed by atoms with Crippen LogP contribution in [-0.2, 0) is 38.0 Å². The zero-order valence-electron chi connectivity index (χ0n) is 21.2. The molecule has 0 saturated heterocycles. The fourth-order valence-electron chi connectivity index (χ4n) is 2.17. The van der Waals surface area contributed by atoms with E-state index < -0.39 is 47.4 Å². The van der Waals surface area contributed by atoms with Gasteiger partial charge in [-0.05, 0) is 41.5 Å². The van der Waals surface area contributed by atoms with Crippen molar-refractivity contribution in [2.75, 3.05) is 40.6 Å². The third kappa shape index (κ3) is 15.9. The van der Waals surface area contributed by atoms with Crippen LogP contribution in [0.3, 0.4) is 0 Å². The predicted octanol–water partition coefficient (Wildman–Crippen LogP) is 1.71. The van der Waals surface area contributed by atoms with E-state index in [9.17, 15) is 19.2 Å². The molecular weight excluding hydrogens is 452 g/mol. The first-order chi connectivity index (χ1) is 15.7. The maximum absolute atomic E-state index is 11.9. The van der Waals surface area contributed by atoms with Crippen molar-refractivity contribution in [1.82, 2.24) is 10.6 Å². The maximum Gasteiger partial charge on any atom is 0.408 e. The lowest BCUT2D eigenvalue weighted by molar-refractivity contribution is -0.145. The third-order valence-electron chi connectivity index (χ3n) is 3.52. The number of carbonyl (C=O) groups excluding carboxylic acids is 4. The van der Waals surface area contributed by atoms with Crippen molar-refractivity contribution < 1.29 is 47.6 Å². The molecule has 2 N–H and O–H groups in total. The minimum Gasteiger partial charge on any atom is -0.467 e. The zero-order chi connectivity index (χ0) is 26.4. The lowest BCUT2D eigenvalue weighted by Gasteiger charge is -2.22. The highest BCUT2D eigenvalue weighted by Crippen LogP contribution is 2.08. The molecule has 0 bridgehead atoms. The molecule has 0 unspecified atom stereocenters. The maximum atomic E-state index is 11.9. The zero-order valence-corrected chi connectivity index (χ0v) is 21.2. The van der Waals surface area contributed by atoms with Crippen LogP contribution in [0.4, 0.5) is 9.59 Å². The van der Waals surface area contributed by atoms with Gasteiger partial charge in [0, 0.05) is 0 Å². The Balaban J connectivity index is 4.45. The molecule has 34 heavy (non-hydrogen) atoms. The number of hydrogen-bond acceptors (Lipinski definition) is 10. The molecule has 12 heteroatoms. The summed E-state index contributed by atoms with van der Waals surface area (Å²) in [6, 6.07) is -2.08. The number of carbonyl (C=O) groups is 4. The van der Waals surface area contributed by atoms with Crippen LogP contribution in [0.15, 0.2) is 12.2 Å². The molecule has 0 aromatic carbocycles. The van der Waals surface area contributed by atoms with E-state index in [1.807, 2.05) is 0 Å². The number of amides is 2. The van der Waals surface area contributed by atoms with Gasteiger partial charge in [-0.3, -0.25) is 0 Å². The first-order valence-electron chi connectivity index (χ1n) is 10.6. The van der Waals surface area contributed by atoms with E-state index >= 15 is 0 Å². The van der Waals surface area contributed by atoms with Crippen molar-refractivity contribution in [3.8, 4) is 0 Å². The van der Waals surface area contributed by atoms with Gasteiger partial charge in [-0.1, -0.05) is 12.2 Å². The van der Waals surface area contributed by atoms with Gasteiger partial charge in [-0.15, -0.1) is 0 Å². The van der Waals surface area contributed by atoms with E-state index in [1.165, 1.54) is 14.2 Å². The Kier molecular flexibility index (Phi) is 13.8. The molecule has 0 fully saturated rings. The van der Waals surface area contributed by atoms with Gasteiger partial charge in [-0.25, -0.2) is 19.2 Å². The normalized spacial score (nSPS) is 13.5. The molecule has 12 nitrogen and oxygen atoms in total. The highest BCUT2D eigenvalue weighted by atomic mass is 16.6. The van der Waals surface area contributed by atoms with Crippen LogP contribution in [0, 0.1) is 0 Å². The molecule has 2 amide bonds. The Morgan fingerprint density at radius 1 is 0.676 bits per heavy atom. The summed E-state index contributed by atoms with van der Waals surface area (Å²) in [4.78, 5) is 47.4. The number of hydrogen-bond donors (Lipinski definition) is 2. The number of ether oxygens (including phenoxy) is 6. The molecule has 0 spiro atoms. The van der Waals surface area contributed by atoms with Gasteiger partial charge in [-0.2, -0.15) is 0 Å². The van der Waals surface area contributed by atoms with Crippen LogP contribution < -0.4 is 10.6 Å². The van der Waals surface area contributed by atoms with Gasteiger partial charge in [0.2, 0.25) is 0 Å². The molecule has 0 aliphatic heterocycles. The molecule has 0 radical (unpaired) electrons. The van der Waals surface area contributed by atoms with Crippen LogP contribution in [0.2, 0.25) is 0 Å². The highest BCUT2D eigenvalue weighted by Gasteiger charge is 2.26. The third-order valence-corrected chi connectivity index (χ3v) is 3.52. The second kappa shape index (κ2) is 15.1. The molecule has 196 valence electrons. The number of esters is 2. The summed E-state index contributed by atoms with van der Waals surface area (Å²) >= 11 is 0. The number of alkyl carbamates (subject to hydrolysis) is 2. The van der Waals surface area contributed by atoms with Crippen LogP contribution in [0.5, 0.6) is 0 Å². The highest BCUT2D eigenvalue weighted by molar-refractivity contribution is 5.82. The van der Waals surface area contributed by atoms with Gasteiger partial charge >= 0.3 is 24.1 Å². The van der Waals surface area contributed by atoms with E-state index in [2.05, 4.69) is 20.1 Å². The molecule has 0 rings (SSSR count). The van der Waals surface area contributed by atoms with Crippen molar-refractivity contribution in [2.24, 2.45) is 0 Å². The summed E-state index contributed by atoms with van der Waals surface area (Å²) in [6.45, 7) is 10.1. The van der Waals surface area contributed by atoms with Crippen molar-refractivity contribution in [1.29, 1.82) is 0 Å². The van der Waals surface area contributed by atoms with Gasteiger partial charge in [0.1, 0.15) is 11.2 Å². The van der Waals surface area contributed by atoms with E-state index in [-0.39, 0.29) is 26.4 Å². The lowest BCUT2D eigenvalue weighted by Crippen LogP contribution is -2.46. The monoisotopic (exact) mass is 490 g/mol. The minimum absolute atomic E-state index is 0.115. The molecule has 0 heterocycles. The Labute approximate surface area is 200 Å². The Morgan fingerprint density at radius 2 is 1.00 bits per heavy atom. The summed E-state index contributed by atoms with van der Waals surface area (Å²) in [5, 5.41) is 4.79. The molecular formula is C22H38N2O10. The fraction of sp³-hybridized carbons (Fsp3) is 0.727. The van der Waals surface area contributed by atoms with Crippen LogP contribution in [0.25, 0.3) is 0 Å². The largest absolute Gasteiger partial charge is 0.467 e. The molecule has 0 aromatic heterocycles. The number of methoxy groups -OCH3 is 2. The Hall–Kier alpha value is -2.86. The smallest absolute Gasteiger partial charge is 0.408 e.